The molecule has 268 valence electrons. The van der Waals surface area contributed by atoms with E-state index in [0.29, 0.717) is 68.5 Å². The highest BCUT2D eigenvalue weighted by Gasteiger charge is 2.14. The molecule has 0 aliphatic carbocycles. The Morgan fingerprint density at radius 2 is 1.37 bits per heavy atom. The summed E-state index contributed by atoms with van der Waals surface area (Å²) in [5.41, 5.74) is 3.41. The molecule has 3 aromatic rings. The van der Waals surface area contributed by atoms with E-state index in [9.17, 15) is 23.5 Å². The number of hydrogen-bond acceptors (Lipinski definition) is 9. The molecule has 0 aliphatic heterocycles. The summed E-state index contributed by atoms with van der Waals surface area (Å²) in [7, 11) is 0. The highest BCUT2D eigenvalue weighted by molar-refractivity contribution is 5.71. The minimum atomic E-state index is -3.04. The molecule has 3 rings (SSSR count). The van der Waals surface area contributed by atoms with Gasteiger partial charge in [-0.05, 0) is 105 Å². The molecule has 0 fully saturated rings. The zero-order valence-electron chi connectivity index (χ0n) is 28.6. The molecular formula is C38H48F2O9. The maximum Gasteiger partial charge on any atom is 0.387 e. The molecule has 0 saturated heterocycles. The van der Waals surface area contributed by atoms with Gasteiger partial charge in [0.05, 0.1) is 33.0 Å². The van der Waals surface area contributed by atoms with Crippen LogP contribution in [0.3, 0.4) is 0 Å². The number of halogens is 2. The number of alkyl halides is 2. The lowest BCUT2D eigenvalue weighted by atomic mass is 9.96. The maximum absolute atomic E-state index is 12.6. The van der Waals surface area contributed by atoms with Gasteiger partial charge in [-0.3, -0.25) is 9.59 Å². The second kappa shape index (κ2) is 21.4. The number of carbonyl (C=O) groups is 2. The van der Waals surface area contributed by atoms with E-state index in [0.717, 1.165) is 49.0 Å². The van der Waals surface area contributed by atoms with Crippen LogP contribution in [-0.2, 0) is 31.9 Å². The molecule has 0 atom stereocenters. The minimum absolute atomic E-state index is 0.245. The summed E-state index contributed by atoms with van der Waals surface area (Å²) in [6.07, 6.45) is 6.10. The van der Waals surface area contributed by atoms with Gasteiger partial charge in [0.25, 0.3) is 0 Å². The lowest BCUT2D eigenvalue weighted by molar-refractivity contribution is -0.144. The smallest absolute Gasteiger partial charge is 0.387 e. The average molecular weight is 687 g/mol. The van der Waals surface area contributed by atoms with Crippen LogP contribution in [0, 0.1) is 0 Å². The normalized spacial score (nSPS) is 10.9. The number of carbonyl (C=O) groups excluding carboxylic acids is 2. The summed E-state index contributed by atoms with van der Waals surface area (Å²) in [5.74, 6) is 0.724. The number of rotatable bonds is 23. The van der Waals surface area contributed by atoms with Crippen molar-refractivity contribution in [2.24, 2.45) is 0 Å². The molecular weight excluding hydrogens is 638 g/mol. The van der Waals surface area contributed by atoms with Gasteiger partial charge in [0, 0.05) is 18.9 Å². The topological polar surface area (TPSA) is 110 Å². The summed E-state index contributed by atoms with van der Waals surface area (Å²) in [6.45, 7) is 4.39. The highest BCUT2D eigenvalue weighted by atomic mass is 19.3. The van der Waals surface area contributed by atoms with E-state index >= 15 is 0 Å². The van der Waals surface area contributed by atoms with Crippen molar-refractivity contribution in [1.29, 1.82) is 0 Å². The minimum Gasteiger partial charge on any atom is -0.504 e. The fourth-order valence-electron chi connectivity index (χ4n) is 5.28. The Kier molecular flexibility index (Phi) is 17.0. The third-order valence-corrected chi connectivity index (χ3v) is 7.51. The molecule has 0 unspecified atom stereocenters. The van der Waals surface area contributed by atoms with Gasteiger partial charge in [-0.15, -0.1) is 0 Å². The molecule has 0 saturated carbocycles. The molecule has 0 aliphatic rings. The molecule has 11 heteroatoms. The van der Waals surface area contributed by atoms with E-state index in [1.807, 2.05) is 25.1 Å². The van der Waals surface area contributed by atoms with Gasteiger partial charge in [0.1, 0.15) is 17.2 Å². The van der Waals surface area contributed by atoms with Gasteiger partial charge in [-0.2, -0.15) is 8.78 Å². The number of aryl methyl sites for hydroxylation is 1. The number of aromatic hydroxyl groups is 1. The van der Waals surface area contributed by atoms with Crippen LogP contribution in [0.4, 0.5) is 8.78 Å². The number of phenols is 1. The van der Waals surface area contributed by atoms with E-state index in [4.69, 9.17) is 23.7 Å². The van der Waals surface area contributed by atoms with Gasteiger partial charge >= 0.3 is 18.6 Å². The van der Waals surface area contributed by atoms with Crippen LogP contribution in [-0.4, -0.2) is 56.7 Å². The number of ether oxygens (including phenoxy) is 6. The van der Waals surface area contributed by atoms with E-state index in [1.165, 1.54) is 12.1 Å². The predicted molar refractivity (Wildman–Crippen MR) is 182 cm³/mol. The van der Waals surface area contributed by atoms with Gasteiger partial charge in [0.2, 0.25) is 0 Å². The Morgan fingerprint density at radius 1 is 0.673 bits per heavy atom. The van der Waals surface area contributed by atoms with Crippen molar-refractivity contribution in [3.05, 3.63) is 65.7 Å². The van der Waals surface area contributed by atoms with E-state index in [1.54, 1.807) is 32.0 Å². The summed E-state index contributed by atoms with van der Waals surface area (Å²) in [4.78, 5) is 23.8. The van der Waals surface area contributed by atoms with E-state index in [-0.39, 0.29) is 30.5 Å². The van der Waals surface area contributed by atoms with Gasteiger partial charge in [0.15, 0.2) is 11.5 Å². The molecule has 1 N–H and O–H groups in total. The first-order valence-corrected chi connectivity index (χ1v) is 17.0. The Morgan fingerprint density at radius 3 is 2.06 bits per heavy atom. The van der Waals surface area contributed by atoms with Crippen LogP contribution in [0.2, 0.25) is 0 Å². The Bertz CT molecular complexity index is 1460. The maximum atomic E-state index is 12.6. The molecule has 0 radical (unpaired) electrons. The molecule has 0 bridgehead atoms. The highest BCUT2D eigenvalue weighted by Crippen LogP contribution is 2.36. The second-order valence-corrected chi connectivity index (χ2v) is 11.2. The number of esters is 2. The number of benzene rings is 3. The largest absolute Gasteiger partial charge is 0.504 e. The van der Waals surface area contributed by atoms with Crippen LogP contribution in [0.1, 0.15) is 76.8 Å². The Labute approximate surface area is 287 Å². The summed E-state index contributed by atoms with van der Waals surface area (Å²) < 4.78 is 57.5. The van der Waals surface area contributed by atoms with Gasteiger partial charge in [-0.25, -0.2) is 0 Å². The third-order valence-electron chi connectivity index (χ3n) is 7.51. The summed E-state index contributed by atoms with van der Waals surface area (Å²) >= 11 is 0. The van der Waals surface area contributed by atoms with Crippen molar-refractivity contribution in [1.82, 2.24) is 0 Å². The zero-order chi connectivity index (χ0) is 35.4. The number of phenolic OH excluding ortho intramolecular Hbond substituents is 1. The van der Waals surface area contributed by atoms with E-state index < -0.39 is 12.4 Å². The SMILES string of the molecule is CCOC(=O)CCCOc1cccc(CCCCCCOc2cc(OCC)cc(-c3ccc(OC(F)F)c(O)c3)c2)c1CCC(=O)OCC. The summed E-state index contributed by atoms with van der Waals surface area (Å²) in [6, 6.07) is 15.6. The predicted octanol–water partition coefficient (Wildman–Crippen LogP) is 8.46. The second-order valence-electron chi connectivity index (χ2n) is 11.2. The number of hydrogen-bond donors (Lipinski definition) is 1. The first-order chi connectivity index (χ1) is 23.7. The summed E-state index contributed by atoms with van der Waals surface area (Å²) in [5, 5.41) is 10.2. The molecule has 0 amide bonds. The first-order valence-electron chi connectivity index (χ1n) is 17.0. The molecule has 9 nitrogen and oxygen atoms in total. The van der Waals surface area contributed by atoms with Crippen molar-refractivity contribution >= 4 is 11.9 Å². The molecule has 0 heterocycles. The number of unbranched alkanes of at least 4 members (excludes halogenated alkanes) is 3. The Hall–Kier alpha value is -4.54. The molecule has 0 aromatic heterocycles. The van der Waals surface area contributed by atoms with Crippen molar-refractivity contribution in [3.8, 4) is 39.9 Å². The van der Waals surface area contributed by atoms with E-state index in [2.05, 4.69) is 10.8 Å². The lowest BCUT2D eigenvalue weighted by Gasteiger charge is -2.16. The standard InChI is InChI=1S/C38H48F2O9/c1-4-44-30-23-29(28-17-19-35(33(41)25-28)49-38(39)40)24-31(26-30)47-21-10-8-7-9-13-27-14-11-15-34(32(27)18-20-37(43)46-6-3)48-22-12-16-36(42)45-5-2/h11,14-15,17,19,23-26,38,41H,4-10,12-13,16,18,20-22H2,1-3H3. The van der Waals surface area contributed by atoms with Crippen molar-refractivity contribution in [3.63, 3.8) is 0 Å². The molecule has 0 spiro atoms. The van der Waals surface area contributed by atoms with Crippen LogP contribution in [0.5, 0.6) is 28.7 Å². The van der Waals surface area contributed by atoms with Crippen molar-refractivity contribution < 1.29 is 51.9 Å². The lowest BCUT2D eigenvalue weighted by Crippen LogP contribution is -2.10. The average Bonchev–Trinajstić information content (AvgIpc) is 3.07. The van der Waals surface area contributed by atoms with Gasteiger partial charge in [-0.1, -0.05) is 31.0 Å². The molecule has 3 aromatic carbocycles. The van der Waals surface area contributed by atoms with Gasteiger partial charge < -0.3 is 33.5 Å². The monoisotopic (exact) mass is 686 g/mol. The van der Waals surface area contributed by atoms with Crippen molar-refractivity contribution in [2.45, 2.75) is 85.2 Å². The Balaban J connectivity index is 1.54. The first kappa shape index (κ1) is 38.9. The van der Waals surface area contributed by atoms with Crippen LogP contribution in [0.25, 0.3) is 11.1 Å². The van der Waals surface area contributed by atoms with Crippen LogP contribution >= 0.6 is 0 Å². The molecule has 49 heavy (non-hydrogen) atoms. The zero-order valence-corrected chi connectivity index (χ0v) is 28.6. The quantitative estimate of drug-likeness (QED) is 0.0776. The van der Waals surface area contributed by atoms with Crippen LogP contribution in [0.15, 0.2) is 54.6 Å². The fraction of sp³-hybridized carbons (Fsp3) is 0.474. The fourth-order valence-corrected chi connectivity index (χ4v) is 5.28. The van der Waals surface area contributed by atoms with Crippen molar-refractivity contribution in [2.75, 3.05) is 33.0 Å². The van der Waals surface area contributed by atoms with Crippen LogP contribution < -0.4 is 18.9 Å². The third kappa shape index (κ3) is 13.8.